The minimum absolute atomic E-state index is 0.198. The Morgan fingerprint density at radius 3 is 2.90 bits per heavy atom. The van der Waals surface area contributed by atoms with Gasteiger partial charge in [-0.05, 0) is 11.4 Å². The van der Waals surface area contributed by atoms with Gasteiger partial charge in [-0.25, -0.2) is 13.1 Å². The predicted octanol–water partition coefficient (Wildman–Crippen LogP) is 1.42. The molecule has 6 nitrogen and oxygen atoms in total. The summed E-state index contributed by atoms with van der Waals surface area (Å²) in [4.78, 5) is 1.18. The summed E-state index contributed by atoms with van der Waals surface area (Å²) in [7, 11) is -3.50. The summed E-state index contributed by atoms with van der Waals surface area (Å²) in [6.45, 7) is 5.82. The van der Waals surface area contributed by atoms with E-state index in [0.717, 1.165) is 11.4 Å². The Labute approximate surface area is 129 Å². The average Bonchev–Trinajstić information content (AvgIpc) is 3.07. The molecular formula is C13H20N4O2S2. The summed E-state index contributed by atoms with van der Waals surface area (Å²) < 4.78 is 28.5. The number of hydrogen-bond acceptors (Lipinski definition) is 5. The van der Waals surface area contributed by atoms with Gasteiger partial charge in [0.05, 0.1) is 12.7 Å². The lowest BCUT2D eigenvalue weighted by Gasteiger charge is -2.07. The Bertz CT molecular complexity index is 648. The van der Waals surface area contributed by atoms with Crippen LogP contribution in [0.15, 0.2) is 34.8 Å². The van der Waals surface area contributed by atoms with E-state index in [2.05, 4.69) is 29.0 Å². The van der Waals surface area contributed by atoms with E-state index in [0.29, 0.717) is 19.1 Å². The van der Waals surface area contributed by atoms with Crippen LogP contribution in [0.2, 0.25) is 0 Å². The maximum Gasteiger partial charge on any atom is 0.244 e. The Hall–Kier alpha value is -1.22. The van der Waals surface area contributed by atoms with Crippen molar-refractivity contribution in [3.63, 3.8) is 0 Å². The molecule has 2 N–H and O–H groups in total. The number of nitrogens with zero attached hydrogens (tertiary/aromatic N) is 2. The minimum Gasteiger partial charge on any atom is -0.313 e. The van der Waals surface area contributed by atoms with Crippen LogP contribution >= 0.6 is 11.3 Å². The van der Waals surface area contributed by atoms with Crippen LogP contribution in [0.25, 0.3) is 0 Å². The average molecular weight is 328 g/mol. The third-order valence-electron chi connectivity index (χ3n) is 2.83. The molecule has 0 amide bonds. The number of thiophene rings is 1. The van der Waals surface area contributed by atoms with E-state index in [-0.39, 0.29) is 4.90 Å². The van der Waals surface area contributed by atoms with E-state index < -0.39 is 10.0 Å². The predicted molar refractivity (Wildman–Crippen MR) is 83.7 cm³/mol. The van der Waals surface area contributed by atoms with Crippen LogP contribution in [0.4, 0.5) is 0 Å². The summed E-state index contributed by atoms with van der Waals surface area (Å²) >= 11 is 1.52. The summed E-state index contributed by atoms with van der Waals surface area (Å²) in [5, 5.41) is 9.27. The van der Waals surface area contributed by atoms with Gasteiger partial charge in [0.25, 0.3) is 0 Å². The third kappa shape index (κ3) is 4.92. The highest BCUT2D eigenvalue weighted by atomic mass is 32.2. The molecule has 0 aromatic carbocycles. The van der Waals surface area contributed by atoms with Crippen molar-refractivity contribution in [2.45, 2.75) is 37.9 Å². The van der Waals surface area contributed by atoms with Gasteiger partial charge < -0.3 is 5.32 Å². The van der Waals surface area contributed by atoms with Crippen molar-refractivity contribution in [1.29, 1.82) is 0 Å². The standard InChI is InChI=1S/C13H20N4O2S2/c1-11(2)14-5-6-17-10-13(9-15-17)21(18,19)16-8-12-4-3-7-20-12/h3-4,7,9-11,14,16H,5-6,8H2,1-2H3. The molecule has 2 aromatic heterocycles. The second-order valence-corrected chi connectivity index (χ2v) is 7.75. The van der Waals surface area contributed by atoms with Gasteiger partial charge in [0.15, 0.2) is 0 Å². The summed E-state index contributed by atoms with van der Waals surface area (Å²) in [6.07, 6.45) is 2.94. The van der Waals surface area contributed by atoms with Crippen LogP contribution in [-0.4, -0.2) is 30.8 Å². The Morgan fingerprint density at radius 2 is 2.24 bits per heavy atom. The first kappa shape index (κ1) is 16.2. The highest BCUT2D eigenvalue weighted by Gasteiger charge is 2.16. The Kier molecular flexibility index (Phi) is 5.51. The molecule has 2 heterocycles. The van der Waals surface area contributed by atoms with Crippen LogP contribution in [0.3, 0.4) is 0 Å². The minimum atomic E-state index is -3.50. The molecule has 0 saturated heterocycles. The molecule has 0 atom stereocenters. The number of nitrogens with one attached hydrogen (secondary N) is 2. The lowest BCUT2D eigenvalue weighted by Crippen LogP contribution is -2.26. The first-order valence-corrected chi connectivity index (χ1v) is 9.11. The maximum atomic E-state index is 12.1. The number of rotatable bonds is 8. The smallest absolute Gasteiger partial charge is 0.244 e. The van der Waals surface area contributed by atoms with Gasteiger partial charge in [-0.2, -0.15) is 5.10 Å². The van der Waals surface area contributed by atoms with Gasteiger partial charge >= 0.3 is 0 Å². The number of hydrogen-bond donors (Lipinski definition) is 2. The fourth-order valence-corrected chi connectivity index (χ4v) is 3.43. The van der Waals surface area contributed by atoms with Crippen molar-refractivity contribution >= 4 is 21.4 Å². The van der Waals surface area contributed by atoms with Gasteiger partial charge in [0.2, 0.25) is 10.0 Å². The van der Waals surface area contributed by atoms with E-state index in [1.807, 2.05) is 17.5 Å². The molecule has 0 radical (unpaired) electrons. The fraction of sp³-hybridized carbons (Fsp3) is 0.462. The largest absolute Gasteiger partial charge is 0.313 e. The molecule has 0 bridgehead atoms. The highest BCUT2D eigenvalue weighted by Crippen LogP contribution is 2.11. The summed E-state index contributed by atoms with van der Waals surface area (Å²) in [5.41, 5.74) is 0. The van der Waals surface area contributed by atoms with Crippen molar-refractivity contribution in [3.8, 4) is 0 Å². The second kappa shape index (κ2) is 7.17. The summed E-state index contributed by atoms with van der Waals surface area (Å²) in [6, 6.07) is 4.19. The summed E-state index contributed by atoms with van der Waals surface area (Å²) in [5.74, 6) is 0. The Morgan fingerprint density at radius 1 is 1.43 bits per heavy atom. The van der Waals surface area contributed by atoms with Crippen LogP contribution in [0.1, 0.15) is 18.7 Å². The van der Waals surface area contributed by atoms with Crippen LogP contribution in [0.5, 0.6) is 0 Å². The molecule has 0 fully saturated rings. The molecule has 0 spiro atoms. The van der Waals surface area contributed by atoms with E-state index in [1.54, 1.807) is 10.9 Å². The quantitative estimate of drug-likeness (QED) is 0.768. The van der Waals surface area contributed by atoms with E-state index in [9.17, 15) is 8.42 Å². The zero-order valence-electron chi connectivity index (χ0n) is 12.1. The van der Waals surface area contributed by atoms with Crippen LogP contribution < -0.4 is 10.0 Å². The monoisotopic (exact) mass is 328 g/mol. The van der Waals surface area contributed by atoms with E-state index >= 15 is 0 Å². The van der Waals surface area contributed by atoms with E-state index in [1.165, 1.54) is 17.5 Å². The molecule has 0 saturated carbocycles. The third-order valence-corrected chi connectivity index (χ3v) is 5.06. The van der Waals surface area contributed by atoms with Crippen LogP contribution in [-0.2, 0) is 23.1 Å². The first-order chi connectivity index (χ1) is 9.97. The maximum absolute atomic E-state index is 12.1. The zero-order chi connectivity index (χ0) is 15.3. The van der Waals surface area contributed by atoms with Crippen molar-refractivity contribution in [2.24, 2.45) is 0 Å². The van der Waals surface area contributed by atoms with Crippen molar-refractivity contribution in [2.75, 3.05) is 6.54 Å². The molecule has 21 heavy (non-hydrogen) atoms. The normalized spacial score (nSPS) is 12.1. The SMILES string of the molecule is CC(C)NCCn1cc(S(=O)(=O)NCc2cccs2)cn1. The number of sulfonamides is 1. The lowest BCUT2D eigenvalue weighted by atomic mass is 10.4. The zero-order valence-corrected chi connectivity index (χ0v) is 13.7. The molecular weight excluding hydrogens is 308 g/mol. The van der Waals surface area contributed by atoms with Gasteiger partial charge in [0, 0.05) is 30.2 Å². The highest BCUT2D eigenvalue weighted by molar-refractivity contribution is 7.89. The van der Waals surface area contributed by atoms with Crippen molar-refractivity contribution < 1.29 is 8.42 Å². The van der Waals surface area contributed by atoms with Gasteiger partial charge in [-0.3, -0.25) is 4.68 Å². The molecule has 8 heteroatoms. The fourth-order valence-electron chi connectivity index (χ4n) is 1.74. The molecule has 0 unspecified atom stereocenters. The molecule has 2 aromatic rings. The molecule has 0 aliphatic rings. The molecule has 2 rings (SSSR count). The Balaban J connectivity index is 1.92. The number of aromatic nitrogens is 2. The molecule has 0 aliphatic carbocycles. The van der Waals surface area contributed by atoms with Gasteiger partial charge in [-0.1, -0.05) is 19.9 Å². The van der Waals surface area contributed by atoms with Gasteiger partial charge in [-0.15, -0.1) is 11.3 Å². The van der Waals surface area contributed by atoms with Gasteiger partial charge in [0.1, 0.15) is 4.90 Å². The van der Waals surface area contributed by atoms with E-state index in [4.69, 9.17) is 0 Å². The molecule has 116 valence electrons. The van der Waals surface area contributed by atoms with Crippen molar-refractivity contribution in [3.05, 3.63) is 34.8 Å². The van der Waals surface area contributed by atoms with Crippen molar-refractivity contribution in [1.82, 2.24) is 19.8 Å². The van der Waals surface area contributed by atoms with Crippen LogP contribution in [0, 0.1) is 0 Å². The molecule has 0 aliphatic heterocycles. The lowest BCUT2D eigenvalue weighted by molar-refractivity contribution is 0.515. The second-order valence-electron chi connectivity index (χ2n) is 4.95. The first-order valence-electron chi connectivity index (χ1n) is 6.75. The topological polar surface area (TPSA) is 76.0 Å².